The molecule has 1 aliphatic rings. The van der Waals surface area contributed by atoms with Crippen LogP contribution in [0.25, 0.3) is 10.9 Å². The van der Waals surface area contributed by atoms with Crippen LogP contribution in [0.2, 0.25) is 10.0 Å². The van der Waals surface area contributed by atoms with Gasteiger partial charge in [0.1, 0.15) is 4.75 Å². The van der Waals surface area contributed by atoms with Crippen LogP contribution in [0.1, 0.15) is 29.2 Å². The van der Waals surface area contributed by atoms with Gasteiger partial charge in [-0.05, 0) is 48.9 Å². The van der Waals surface area contributed by atoms with Crippen LogP contribution >= 0.6 is 35.0 Å². The molecule has 1 N–H and O–H groups in total. The molecule has 1 aromatic heterocycles. The topological polar surface area (TPSA) is 56.4 Å². The Morgan fingerprint density at radius 1 is 1.05 bits per heavy atom. The average molecular weight is 553 g/mol. The van der Waals surface area contributed by atoms with Crippen molar-refractivity contribution in [2.24, 2.45) is 0 Å². The van der Waals surface area contributed by atoms with Gasteiger partial charge in [-0.25, -0.2) is 0 Å². The number of aryl methyl sites for hydroxylation is 1. The van der Waals surface area contributed by atoms with Crippen molar-refractivity contribution >= 4 is 57.7 Å². The third-order valence-electron chi connectivity index (χ3n) is 6.81. The number of nitrogens with zero attached hydrogens (tertiary/aromatic N) is 2. The van der Waals surface area contributed by atoms with Crippen molar-refractivity contribution in [1.82, 2.24) is 14.8 Å². The summed E-state index contributed by atoms with van der Waals surface area (Å²) in [5, 5.41) is 2.19. The van der Waals surface area contributed by atoms with Crippen LogP contribution in [-0.2, 0) is 16.1 Å². The SMILES string of the molecule is Cc1ccc(SC2(C(=O)N(C)C)CC(=O)N(Cc3ccc(Cl)cc3)C2c2c[nH]c3cc(Cl)ccc23)cc1. The van der Waals surface area contributed by atoms with Crippen molar-refractivity contribution in [2.45, 2.75) is 35.6 Å². The summed E-state index contributed by atoms with van der Waals surface area (Å²) >= 11 is 13.9. The molecule has 5 rings (SSSR count). The van der Waals surface area contributed by atoms with E-state index in [4.69, 9.17) is 23.2 Å². The Kier molecular flexibility index (Phi) is 7.01. The van der Waals surface area contributed by atoms with Gasteiger partial charge in [-0.2, -0.15) is 0 Å². The minimum Gasteiger partial charge on any atom is -0.361 e. The highest BCUT2D eigenvalue weighted by Gasteiger charge is 2.59. The number of benzene rings is 3. The first-order valence-corrected chi connectivity index (χ1v) is 13.5. The van der Waals surface area contributed by atoms with Crippen LogP contribution in [0, 0.1) is 6.92 Å². The summed E-state index contributed by atoms with van der Waals surface area (Å²) in [6, 6.07) is 20.7. The maximum atomic E-state index is 14.1. The first kappa shape index (κ1) is 25.7. The predicted molar refractivity (Wildman–Crippen MR) is 151 cm³/mol. The fourth-order valence-electron chi connectivity index (χ4n) is 5.07. The molecule has 5 nitrogen and oxygen atoms in total. The predicted octanol–water partition coefficient (Wildman–Crippen LogP) is 6.88. The van der Waals surface area contributed by atoms with E-state index in [-0.39, 0.29) is 18.2 Å². The molecule has 0 saturated carbocycles. The molecule has 2 amide bonds. The zero-order valence-corrected chi connectivity index (χ0v) is 23.1. The van der Waals surface area contributed by atoms with E-state index in [1.165, 1.54) is 11.8 Å². The van der Waals surface area contributed by atoms with Crippen LogP contribution in [-0.4, -0.2) is 45.4 Å². The molecule has 1 saturated heterocycles. The van der Waals surface area contributed by atoms with E-state index in [1.807, 2.05) is 84.8 Å². The van der Waals surface area contributed by atoms with Gasteiger partial charge in [-0.15, -0.1) is 11.8 Å². The van der Waals surface area contributed by atoms with Crippen LogP contribution < -0.4 is 0 Å². The van der Waals surface area contributed by atoms with Gasteiger partial charge in [-0.1, -0.05) is 59.1 Å². The maximum Gasteiger partial charge on any atom is 0.241 e. The van der Waals surface area contributed by atoms with Gasteiger partial charge in [0.05, 0.1) is 12.5 Å². The van der Waals surface area contributed by atoms with E-state index >= 15 is 0 Å². The van der Waals surface area contributed by atoms with Gasteiger partial charge in [0.25, 0.3) is 0 Å². The monoisotopic (exact) mass is 551 g/mol. The number of fused-ring (bicyclic) bond motifs is 1. The largest absolute Gasteiger partial charge is 0.361 e. The number of hydrogen-bond acceptors (Lipinski definition) is 3. The second kappa shape index (κ2) is 10.1. The van der Waals surface area contributed by atoms with Gasteiger partial charge in [0, 0.05) is 58.2 Å². The molecule has 2 unspecified atom stereocenters. The molecule has 1 aliphatic heterocycles. The van der Waals surface area contributed by atoms with Crippen molar-refractivity contribution in [3.63, 3.8) is 0 Å². The van der Waals surface area contributed by atoms with Gasteiger partial charge < -0.3 is 14.8 Å². The molecule has 3 aromatic carbocycles. The van der Waals surface area contributed by atoms with Gasteiger partial charge >= 0.3 is 0 Å². The summed E-state index contributed by atoms with van der Waals surface area (Å²) < 4.78 is -1.07. The lowest BCUT2D eigenvalue weighted by atomic mass is 9.90. The number of likely N-dealkylation sites (tertiary alicyclic amines) is 1. The number of carbonyl (C=O) groups is 2. The molecule has 8 heteroatoms. The van der Waals surface area contributed by atoms with Crippen LogP contribution in [0.4, 0.5) is 0 Å². The minimum absolute atomic E-state index is 0.0712. The van der Waals surface area contributed by atoms with Crippen molar-refractivity contribution in [3.05, 3.63) is 99.7 Å². The molecular formula is C29H27Cl2N3O2S. The summed E-state index contributed by atoms with van der Waals surface area (Å²) in [5.41, 5.74) is 3.83. The molecule has 2 heterocycles. The highest BCUT2D eigenvalue weighted by atomic mass is 35.5. The van der Waals surface area contributed by atoms with Crippen molar-refractivity contribution in [3.8, 4) is 0 Å². The first-order chi connectivity index (χ1) is 17.7. The summed E-state index contributed by atoms with van der Waals surface area (Å²) in [5.74, 6) is -0.170. The van der Waals surface area contributed by atoms with Gasteiger partial charge in [0.15, 0.2) is 0 Å². The Balaban J connectivity index is 1.70. The molecule has 0 spiro atoms. The highest BCUT2D eigenvalue weighted by molar-refractivity contribution is 8.01. The van der Waals surface area contributed by atoms with E-state index in [9.17, 15) is 9.59 Å². The number of H-pyrrole nitrogens is 1. The number of carbonyl (C=O) groups excluding carboxylic acids is 2. The van der Waals surface area contributed by atoms with Gasteiger partial charge in [-0.3, -0.25) is 9.59 Å². The highest BCUT2D eigenvalue weighted by Crippen LogP contribution is 2.55. The van der Waals surface area contributed by atoms with Crippen molar-refractivity contribution in [1.29, 1.82) is 0 Å². The van der Waals surface area contributed by atoms with Crippen LogP contribution in [0.15, 0.2) is 77.8 Å². The summed E-state index contributed by atoms with van der Waals surface area (Å²) in [4.78, 5) is 35.6. The molecular weight excluding hydrogens is 525 g/mol. The fourth-order valence-corrected chi connectivity index (χ4v) is 6.90. The standard InChI is InChI=1S/C29H27Cl2N3O2S/c1-18-4-11-22(12-5-18)37-29(28(36)33(2)3)15-26(35)34(17-19-6-8-20(30)9-7-19)27(29)24-16-32-25-14-21(31)10-13-23(24)25/h4-14,16,27,32H,15,17H2,1-3H3. The Morgan fingerprint density at radius 2 is 1.73 bits per heavy atom. The normalized spacial score (nSPS) is 19.5. The number of thioether (sulfide) groups is 1. The lowest BCUT2D eigenvalue weighted by molar-refractivity contribution is -0.132. The molecule has 1 fully saturated rings. The van der Waals surface area contributed by atoms with E-state index in [1.54, 1.807) is 19.0 Å². The Hall–Kier alpha value is -2.93. The quantitative estimate of drug-likeness (QED) is 0.284. The maximum absolute atomic E-state index is 14.1. The van der Waals surface area contributed by atoms with Gasteiger partial charge in [0.2, 0.25) is 11.8 Å². The Morgan fingerprint density at radius 3 is 2.41 bits per heavy atom. The molecule has 37 heavy (non-hydrogen) atoms. The third-order valence-corrected chi connectivity index (χ3v) is 8.71. The number of hydrogen-bond donors (Lipinski definition) is 1. The third kappa shape index (κ3) is 4.86. The smallest absolute Gasteiger partial charge is 0.241 e. The Labute approximate surface area is 230 Å². The molecule has 0 bridgehead atoms. The average Bonchev–Trinajstić information content (AvgIpc) is 3.39. The van der Waals surface area contributed by atoms with Crippen LogP contribution in [0.3, 0.4) is 0 Å². The lowest BCUT2D eigenvalue weighted by Gasteiger charge is -2.38. The van der Waals surface area contributed by atoms with E-state index in [0.717, 1.165) is 32.5 Å². The zero-order chi connectivity index (χ0) is 26.3. The second-order valence-electron chi connectivity index (χ2n) is 9.67. The second-order valence-corrected chi connectivity index (χ2v) is 11.9. The molecule has 190 valence electrons. The molecule has 2 atom stereocenters. The number of amides is 2. The van der Waals surface area contributed by atoms with E-state index < -0.39 is 10.8 Å². The zero-order valence-electron chi connectivity index (χ0n) is 20.8. The number of nitrogens with one attached hydrogen (secondary N) is 1. The number of halogens is 2. The van der Waals surface area contributed by atoms with Crippen molar-refractivity contribution in [2.75, 3.05) is 14.1 Å². The summed E-state index contributed by atoms with van der Waals surface area (Å²) in [6.45, 7) is 2.39. The fraction of sp³-hybridized carbons (Fsp3) is 0.241. The van der Waals surface area contributed by atoms with E-state index in [2.05, 4.69) is 4.98 Å². The minimum atomic E-state index is -1.07. The van der Waals surface area contributed by atoms with Crippen LogP contribution in [0.5, 0.6) is 0 Å². The molecule has 4 aromatic rings. The number of aromatic amines is 1. The molecule has 0 radical (unpaired) electrons. The Bertz CT molecular complexity index is 1470. The summed E-state index contributed by atoms with van der Waals surface area (Å²) in [6.07, 6.45) is 1.99. The lowest BCUT2D eigenvalue weighted by Crippen LogP contribution is -2.47. The first-order valence-electron chi connectivity index (χ1n) is 12.0. The number of rotatable bonds is 6. The molecule has 0 aliphatic carbocycles. The number of aromatic nitrogens is 1. The summed E-state index contributed by atoms with van der Waals surface area (Å²) in [7, 11) is 3.50. The van der Waals surface area contributed by atoms with Crippen molar-refractivity contribution < 1.29 is 9.59 Å². The van der Waals surface area contributed by atoms with E-state index in [0.29, 0.717) is 16.6 Å².